The van der Waals surface area contributed by atoms with Crippen LogP contribution in [0.4, 0.5) is 0 Å². The van der Waals surface area contributed by atoms with Crippen LogP contribution in [0, 0.1) is 0 Å². The van der Waals surface area contributed by atoms with Crippen LogP contribution in [0.25, 0.3) is 0 Å². The molecule has 116 valence electrons. The molecule has 0 saturated carbocycles. The van der Waals surface area contributed by atoms with Crippen LogP contribution in [0.5, 0.6) is 0 Å². The van der Waals surface area contributed by atoms with Crippen LogP contribution in [0.15, 0.2) is 24.5 Å². The first kappa shape index (κ1) is 14.6. The summed E-state index contributed by atoms with van der Waals surface area (Å²) in [6.07, 6.45) is 8.57. The van der Waals surface area contributed by atoms with Gasteiger partial charge in [0.1, 0.15) is 0 Å². The second-order valence-electron chi connectivity index (χ2n) is 6.09. The normalized spacial score (nSPS) is 24.3. The number of piperidine rings is 1. The van der Waals surface area contributed by atoms with Gasteiger partial charge in [0.25, 0.3) is 0 Å². The van der Waals surface area contributed by atoms with Crippen molar-refractivity contribution in [3.05, 3.63) is 24.5 Å². The Balaban J connectivity index is 1.48. The SMILES string of the molecule is O=C(NCCn1cccc1)C1CCCN1C1CCNCC1. The van der Waals surface area contributed by atoms with Gasteiger partial charge in [-0.1, -0.05) is 0 Å². The molecule has 3 heterocycles. The van der Waals surface area contributed by atoms with E-state index in [1.807, 2.05) is 24.5 Å². The molecule has 0 spiro atoms. The van der Waals surface area contributed by atoms with Gasteiger partial charge in [-0.3, -0.25) is 9.69 Å². The highest BCUT2D eigenvalue weighted by Gasteiger charge is 2.35. The first-order valence-corrected chi connectivity index (χ1v) is 8.19. The highest BCUT2D eigenvalue weighted by Crippen LogP contribution is 2.24. The van der Waals surface area contributed by atoms with Crippen molar-refractivity contribution >= 4 is 5.91 Å². The molecule has 2 fully saturated rings. The van der Waals surface area contributed by atoms with Crippen molar-refractivity contribution in [2.75, 3.05) is 26.2 Å². The lowest BCUT2D eigenvalue weighted by Gasteiger charge is -2.35. The summed E-state index contributed by atoms with van der Waals surface area (Å²) in [7, 11) is 0. The van der Waals surface area contributed by atoms with Gasteiger partial charge < -0.3 is 15.2 Å². The molecule has 2 aliphatic heterocycles. The highest BCUT2D eigenvalue weighted by atomic mass is 16.2. The summed E-state index contributed by atoms with van der Waals surface area (Å²) < 4.78 is 2.10. The second-order valence-corrected chi connectivity index (χ2v) is 6.09. The minimum Gasteiger partial charge on any atom is -0.353 e. The van der Waals surface area contributed by atoms with Crippen molar-refractivity contribution < 1.29 is 4.79 Å². The molecule has 2 saturated heterocycles. The van der Waals surface area contributed by atoms with Crippen molar-refractivity contribution in [3.8, 4) is 0 Å². The second kappa shape index (κ2) is 7.09. The average Bonchev–Trinajstić information content (AvgIpc) is 3.19. The number of likely N-dealkylation sites (tertiary alicyclic amines) is 1. The number of aromatic nitrogens is 1. The fourth-order valence-corrected chi connectivity index (χ4v) is 3.59. The Morgan fingerprint density at radius 2 is 1.95 bits per heavy atom. The number of rotatable bonds is 5. The molecule has 1 atom stereocenters. The van der Waals surface area contributed by atoms with Crippen molar-refractivity contribution in [1.82, 2.24) is 20.1 Å². The van der Waals surface area contributed by atoms with Gasteiger partial charge in [0.2, 0.25) is 5.91 Å². The van der Waals surface area contributed by atoms with E-state index < -0.39 is 0 Å². The van der Waals surface area contributed by atoms with E-state index in [9.17, 15) is 4.79 Å². The fraction of sp³-hybridized carbons (Fsp3) is 0.688. The summed E-state index contributed by atoms with van der Waals surface area (Å²) in [4.78, 5) is 14.9. The number of nitrogens with one attached hydrogen (secondary N) is 2. The molecule has 1 unspecified atom stereocenters. The summed E-state index contributed by atoms with van der Waals surface area (Å²) in [5.74, 6) is 0.221. The van der Waals surface area contributed by atoms with E-state index in [4.69, 9.17) is 0 Å². The van der Waals surface area contributed by atoms with Crippen LogP contribution in [-0.2, 0) is 11.3 Å². The Hall–Kier alpha value is -1.33. The molecular formula is C16H26N4O. The topological polar surface area (TPSA) is 49.3 Å². The Morgan fingerprint density at radius 1 is 1.19 bits per heavy atom. The van der Waals surface area contributed by atoms with Crippen LogP contribution in [0.1, 0.15) is 25.7 Å². The third-order valence-corrected chi connectivity index (χ3v) is 4.71. The molecule has 0 aliphatic carbocycles. The van der Waals surface area contributed by atoms with Gasteiger partial charge in [0.05, 0.1) is 6.04 Å². The van der Waals surface area contributed by atoms with Crippen molar-refractivity contribution in [2.24, 2.45) is 0 Å². The maximum absolute atomic E-state index is 12.4. The predicted octanol–water partition coefficient (Wildman–Crippen LogP) is 0.821. The lowest BCUT2D eigenvalue weighted by Crippen LogP contribution is -2.51. The summed E-state index contributed by atoms with van der Waals surface area (Å²) in [5.41, 5.74) is 0. The van der Waals surface area contributed by atoms with E-state index in [2.05, 4.69) is 20.1 Å². The number of nitrogens with zero attached hydrogens (tertiary/aromatic N) is 2. The molecule has 0 bridgehead atoms. The predicted molar refractivity (Wildman–Crippen MR) is 83.1 cm³/mol. The maximum atomic E-state index is 12.4. The molecule has 5 heteroatoms. The third-order valence-electron chi connectivity index (χ3n) is 4.71. The summed E-state index contributed by atoms with van der Waals surface area (Å²) in [5, 5.41) is 6.52. The highest BCUT2D eigenvalue weighted by molar-refractivity contribution is 5.82. The number of hydrogen-bond acceptors (Lipinski definition) is 3. The zero-order valence-corrected chi connectivity index (χ0v) is 12.6. The summed E-state index contributed by atoms with van der Waals surface area (Å²) in [6.45, 7) is 4.81. The summed E-state index contributed by atoms with van der Waals surface area (Å²) in [6, 6.07) is 4.71. The maximum Gasteiger partial charge on any atom is 0.237 e. The Labute approximate surface area is 126 Å². The molecule has 0 aromatic carbocycles. The van der Waals surface area contributed by atoms with E-state index in [-0.39, 0.29) is 11.9 Å². The van der Waals surface area contributed by atoms with Gasteiger partial charge in [-0.25, -0.2) is 0 Å². The first-order chi connectivity index (χ1) is 10.3. The van der Waals surface area contributed by atoms with Crippen molar-refractivity contribution in [1.29, 1.82) is 0 Å². The van der Waals surface area contributed by atoms with E-state index in [1.165, 1.54) is 12.8 Å². The van der Waals surface area contributed by atoms with E-state index in [0.717, 1.165) is 39.0 Å². The fourth-order valence-electron chi connectivity index (χ4n) is 3.59. The van der Waals surface area contributed by atoms with Gasteiger partial charge in [0.15, 0.2) is 0 Å². The quantitative estimate of drug-likeness (QED) is 0.844. The van der Waals surface area contributed by atoms with Gasteiger partial charge >= 0.3 is 0 Å². The largest absolute Gasteiger partial charge is 0.353 e. The van der Waals surface area contributed by atoms with Gasteiger partial charge in [0, 0.05) is 31.5 Å². The lowest BCUT2D eigenvalue weighted by molar-refractivity contribution is -0.126. The van der Waals surface area contributed by atoms with Gasteiger partial charge in [-0.2, -0.15) is 0 Å². The van der Waals surface area contributed by atoms with Crippen molar-refractivity contribution in [3.63, 3.8) is 0 Å². The van der Waals surface area contributed by atoms with Crippen LogP contribution < -0.4 is 10.6 Å². The summed E-state index contributed by atoms with van der Waals surface area (Å²) >= 11 is 0. The van der Waals surface area contributed by atoms with E-state index >= 15 is 0 Å². The molecule has 5 nitrogen and oxygen atoms in total. The number of carbonyl (C=O) groups is 1. The molecule has 1 aromatic rings. The third kappa shape index (κ3) is 3.66. The number of hydrogen-bond donors (Lipinski definition) is 2. The van der Waals surface area contributed by atoms with Crippen LogP contribution >= 0.6 is 0 Å². The molecular weight excluding hydrogens is 264 g/mol. The standard InChI is InChI=1S/C16H26N4O/c21-16(18-9-13-19-10-1-2-11-19)15-4-3-12-20(15)14-5-7-17-8-6-14/h1-2,10-11,14-15,17H,3-9,12-13H2,(H,18,21). The molecule has 3 rings (SSSR count). The van der Waals surface area contributed by atoms with E-state index in [1.54, 1.807) is 0 Å². The minimum atomic E-state index is 0.0952. The first-order valence-electron chi connectivity index (χ1n) is 8.19. The van der Waals surface area contributed by atoms with Crippen LogP contribution in [-0.4, -0.2) is 53.6 Å². The van der Waals surface area contributed by atoms with Crippen molar-refractivity contribution in [2.45, 2.75) is 44.3 Å². The number of carbonyl (C=O) groups excluding carboxylic acids is 1. The van der Waals surface area contributed by atoms with Crippen LogP contribution in [0.3, 0.4) is 0 Å². The average molecular weight is 290 g/mol. The molecule has 0 radical (unpaired) electrons. The Bertz CT molecular complexity index is 439. The molecule has 1 aromatic heterocycles. The monoisotopic (exact) mass is 290 g/mol. The molecule has 21 heavy (non-hydrogen) atoms. The molecule has 1 amide bonds. The Morgan fingerprint density at radius 3 is 2.71 bits per heavy atom. The Kier molecular flexibility index (Phi) is 4.93. The minimum absolute atomic E-state index is 0.0952. The molecule has 2 aliphatic rings. The zero-order chi connectivity index (χ0) is 14.5. The number of amides is 1. The van der Waals surface area contributed by atoms with Crippen LogP contribution in [0.2, 0.25) is 0 Å². The smallest absolute Gasteiger partial charge is 0.237 e. The van der Waals surface area contributed by atoms with Gasteiger partial charge in [-0.15, -0.1) is 0 Å². The van der Waals surface area contributed by atoms with Gasteiger partial charge in [-0.05, 0) is 57.5 Å². The lowest BCUT2D eigenvalue weighted by atomic mass is 10.0. The molecule has 2 N–H and O–H groups in total. The van der Waals surface area contributed by atoms with E-state index in [0.29, 0.717) is 12.6 Å². The zero-order valence-electron chi connectivity index (χ0n) is 12.6.